The Kier molecular flexibility index (Phi) is 6.93. The quantitative estimate of drug-likeness (QED) is 0.691. The number of carbonyl (C=O) groups is 1. The van der Waals surface area contributed by atoms with Crippen LogP contribution in [0.5, 0.6) is 0 Å². The summed E-state index contributed by atoms with van der Waals surface area (Å²) in [6.45, 7) is 9.58. The number of nitrogens with zero attached hydrogens (tertiary/aromatic N) is 2. The van der Waals surface area contributed by atoms with Crippen molar-refractivity contribution in [3.8, 4) is 11.1 Å². The lowest BCUT2D eigenvalue weighted by molar-refractivity contribution is 0.0709. The fourth-order valence-electron chi connectivity index (χ4n) is 4.82. The van der Waals surface area contributed by atoms with Crippen LogP contribution in [0.15, 0.2) is 53.4 Å². The maximum atomic E-state index is 13.2. The first-order valence-corrected chi connectivity index (χ1v) is 13.4. The van der Waals surface area contributed by atoms with Crippen LogP contribution in [-0.2, 0) is 10.0 Å². The molecule has 0 bridgehead atoms. The number of rotatable bonds is 6. The van der Waals surface area contributed by atoms with Gasteiger partial charge in [-0.05, 0) is 94.9 Å². The van der Waals surface area contributed by atoms with Crippen LogP contribution in [0.2, 0.25) is 0 Å². The lowest BCUT2D eigenvalue weighted by Gasteiger charge is -2.28. The minimum Gasteiger partial charge on any atom is -0.334 e. The number of carbonyl (C=O) groups excluding carboxylic acids is 1. The fraction of sp³-hybridized carbons (Fsp3) is 0.500. The molecule has 0 aliphatic carbocycles. The molecule has 4 rings (SSSR count). The van der Waals surface area contributed by atoms with E-state index in [0.29, 0.717) is 11.6 Å². The Morgan fingerprint density at radius 1 is 0.909 bits per heavy atom. The second kappa shape index (κ2) is 9.57. The van der Waals surface area contributed by atoms with Crippen LogP contribution in [0.1, 0.15) is 56.8 Å². The Bertz CT molecular complexity index is 1070. The molecule has 6 nitrogen and oxygen atoms in total. The van der Waals surface area contributed by atoms with Crippen LogP contribution >= 0.6 is 0 Å². The average Bonchev–Trinajstić information content (AvgIpc) is 3.44. The standard InChI is InChI=1S/C26H35N3O3S/c1-26(2,3)27-33(31,32)24-14-12-21(13-15-24)20-8-10-22(11-9-20)25(30)29-18-6-7-23(29)19-28-16-4-5-17-28/h8-15,23,27H,4-7,16-19H2,1-3H3. The molecule has 2 aromatic carbocycles. The van der Waals surface area contributed by atoms with Crippen molar-refractivity contribution in [3.05, 3.63) is 54.1 Å². The van der Waals surface area contributed by atoms with Crippen LogP contribution in [0.3, 0.4) is 0 Å². The predicted octanol–water partition coefficient (Wildman–Crippen LogP) is 4.13. The number of amides is 1. The van der Waals surface area contributed by atoms with Gasteiger partial charge in [0.25, 0.3) is 5.91 Å². The zero-order valence-electron chi connectivity index (χ0n) is 19.9. The zero-order valence-corrected chi connectivity index (χ0v) is 20.7. The van der Waals surface area contributed by atoms with E-state index in [4.69, 9.17) is 0 Å². The first kappa shape index (κ1) is 23.9. The second-order valence-electron chi connectivity index (χ2n) is 10.3. The molecule has 0 saturated carbocycles. The topological polar surface area (TPSA) is 69.7 Å². The van der Waals surface area contributed by atoms with E-state index in [1.807, 2.05) is 45.0 Å². The Labute approximate surface area is 198 Å². The Balaban J connectivity index is 1.44. The number of nitrogens with one attached hydrogen (secondary N) is 1. The Hall–Kier alpha value is -2.22. The zero-order chi connectivity index (χ0) is 23.6. The van der Waals surface area contributed by atoms with E-state index in [2.05, 4.69) is 14.5 Å². The third kappa shape index (κ3) is 5.83. The van der Waals surface area contributed by atoms with Gasteiger partial charge in [-0.1, -0.05) is 24.3 Å². The van der Waals surface area contributed by atoms with Gasteiger partial charge in [0, 0.05) is 30.2 Å². The molecule has 33 heavy (non-hydrogen) atoms. The van der Waals surface area contributed by atoms with Crippen LogP contribution in [0.25, 0.3) is 11.1 Å². The van der Waals surface area contributed by atoms with Crippen molar-refractivity contribution in [2.24, 2.45) is 0 Å². The Morgan fingerprint density at radius 2 is 1.48 bits per heavy atom. The molecule has 0 radical (unpaired) electrons. The van der Waals surface area contributed by atoms with E-state index >= 15 is 0 Å². The van der Waals surface area contributed by atoms with Gasteiger partial charge in [0.15, 0.2) is 0 Å². The van der Waals surface area contributed by atoms with E-state index in [0.717, 1.165) is 50.1 Å². The van der Waals surface area contributed by atoms with E-state index < -0.39 is 15.6 Å². The van der Waals surface area contributed by atoms with Gasteiger partial charge in [-0.3, -0.25) is 4.79 Å². The average molecular weight is 470 g/mol. The highest BCUT2D eigenvalue weighted by molar-refractivity contribution is 7.89. The van der Waals surface area contributed by atoms with Gasteiger partial charge in [-0.25, -0.2) is 13.1 Å². The summed E-state index contributed by atoms with van der Waals surface area (Å²) in [4.78, 5) is 18.0. The second-order valence-corrected chi connectivity index (χ2v) is 11.9. The number of hydrogen-bond acceptors (Lipinski definition) is 4. The summed E-state index contributed by atoms with van der Waals surface area (Å²) in [6, 6.07) is 14.8. The molecule has 0 aromatic heterocycles. The first-order chi connectivity index (χ1) is 15.6. The Morgan fingerprint density at radius 3 is 2.06 bits per heavy atom. The molecule has 7 heteroatoms. The third-order valence-electron chi connectivity index (χ3n) is 6.38. The van der Waals surface area contributed by atoms with Crippen molar-refractivity contribution < 1.29 is 13.2 Å². The maximum Gasteiger partial charge on any atom is 0.254 e. The highest BCUT2D eigenvalue weighted by Crippen LogP contribution is 2.25. The van der Waals surface area contributed by atoms with Crippen LogP contribution < -0.4 is 4.72 Å². The van der Waals surface area contributed by atoms with Crippen molar-refractivity contribution in [1.82, 2.24) is 14.5 Å². The minimum atomic E-state index is -3.56. The molecule has 2 aromatic rings. The van der Waals surface area contributed by atoms with Gasteiger partial charge in [0.2, 0.25) is 10.0 Å². The lowest BCUT2D eigenvalue weighted by atomic mass is 10.0. The van der Waals surface area contributed by atoms with Crippen molar-refractivity contribution in [2.45, 2.75) is 62.9 Å². The SMILES string of the molecule is CC(C)(C)NS(=O)(=O)c1ccc(-c2ccc(C(=O)N3CCCC3CN3CCCC3)cc2)cc1. The maximum absolute atomic E-state index is 13.2. The van der Waals surface area contributed by atoms with Crippen LogP contribution in [0.4, 0.5) is 0 Å². The molecule has 1 amide bonds. The summed E-state index contributed by atoms with van der Waals surface area (Å²) in [5.41, 5.74) is 2.04. The van der Waals surface area contributed by atoms with E-state index in [9.17, 15) is 13.2 Å². The molecule has 2 aliphatic rings. The van der Waals surface area contributed by atoms with Crippen molar-refractivity contribution in [2.75, 3.05) is 26.2 Å². The van der Waals surface area contributed by atoms with E-state index in [1.165, 1.54) is 12.8 Å². The van der Waals surface area contributed by atoms with Crippen molar-refractivity contribution >= 4 is 15.9 Å². The molecule has 1 N–H and O–H groups in total. The summed E-state index contributed by atoms with van der Waals surface area (Å²) in [5, 5.41) is 0. The normalized spacial score (nSPS) is 19.8. The van der Waals surface area contributed by atoms with Crippen molar-refractivity contribution in [3.63, 3.8) is 0 Å². The lowest BCUT2D eigenvalue weighted by Crippen LogP contribution is -2.42. The van der Waals surface area contributed by atoms with Gasteiger partial charge < -0.3 is 9.80 Å². The molecule has 1 unspecified atom stereocenters. The molecule has 2 saturated heterocycles. The van der Waals surface area contributed by atoms with Gasteiger partial charge in [0.05, 0.1) is 4.90 Å². The summed E-state index contributed by atoms with van der Waals surface area (Å²) < 4.78 is 27.7. The third-order valence-corrected chi connectivity index (χ3v) is 8.15. The van der Waals surface area contributed by atoms with Gasteiger partial charge in [0.1, 0.15) is 0 Å². The van der Waals surface area contributed by atoms with Crippen molar-refractivity contribution in [1.29, 1.82) is 0 Å². The monoisotopic (exact) mass is 469 g/mol. The van der Waals surface area contributed by atoms with Gasteiger partial charge in [-0.2, -0.15) is 0 Å². The minimum absolute atomic E-state index is 0.109. The van der Waals surface area contributed by atoms with E-state index in [1.54, 1.807) is 24.3 Å². The summed E-state index contributed by atoms with van der Waals surface area (Å²) in [6.07, 6.45) is 4.69. The molecule has 2 fully saturated rings. The smallest absolute Gasteiger partial charge is 0.254 e. The summed E-state index contributed by atoms with van der Waals surface area (Å²) in [5.74, 6) is 0.109. The molecule has 2 heterocycles. The van der Waals surface area contributed by atoms with E-state index in [-0.39, 0.29) is 10.8 Å². The van der Waals surface area contributed by atoms with Gasteiger partial charge in [-0.15, -0.1) is 0 Å². The molecule has 0 spiro atoms. The fourth-order valence-corrected chi connectivity index (χ4v) is 6.23. The number of likely N-dealkylation sites (tertiary alicyclic amines) is 2. The van der Waals surface area contributed by atoms with Crippen LogP contribution in [-0.4, -0.2) is 61.9 Å². The first-order valence-electron chi connectivity index (χ1n) is 11.9. The number of benzene rings is 2. The molecular weight excluding hydrogens is 434 g/mol. The molecule has 2 aliphatic heterocycles. The number of sulfonamides is 1. The molecule has 1 atom stereocenters. The van der Waals surface area contributed by atoms with Gasteiger partial charge >= 0.3 is 0 Å². The predicted molar refractivity (Wildman–Crippen MR) is 132 cm³/mol. The molecular formula is C26H35N3O3S. The highest BCUT2D eigenvalue weighted by atomic mass is 32.2. The molecule has 178 valence electrons. The largest absolute Gasteiger partial charge is 0.334 e. The van der Waals surface area contributed by atoms with Crippen LogP contribution in [0, 0.1) is 0 Å². The summed E-state index contributed by atoms with van der Waals surface area (Å²) in [7, 11) is -3.56. The highest BCUT2D eigenvalue weighted by Gasteiger charge is 2.31. The summed E-state index contributed by atoms with van der Waals surface area (Å²) >= 11 is 0. The number of hydrogen-bond donors (Lipinski definition) is 1.